The molecule has 1 amide bonds. The van der Waals surface area contributed by atoms with Crippen molar-refractivity contribution in [3.63, 3.8) is 0 Å². The molecule has 0 heterocycles. The molecule has 100 valence electrons. The molecule has 0 unspecified atom stereocenters. The molecule has 0 bridgehead atoms. The van der Waals surface area contributed by atoms with E-state index in [9.17, 15) is 13.2 Å². The molecular formula is C12H13N3O3S. The first-order valence-corrected chi connectivity index (χ1v) is 6.85. The number of nitrogens with zero attached hydrogens (tertiary/aromatic N) is 1. The number of nitrogens with one attached hydrogen (secondary N) is 2. The summed E-state index contributed by atoms with van der Waals surface area (Å²) >= 11 is 0. The molecule has 19 heavy (non-hydrogen) atoms. The molecule has 6 nitrogen and oxygen atoms in total. The topological polar surface area (TPSA) is 99.1 Å². The maximum absolute atomic E-state index is 11.7. The second-order valence-electron chi connectivity index (χ2n) is 3.55. The van der Waals surface area contributed by atoms with Gasteiger partial charge in [0.2, 0.25) is 15.9 Å². The third kappa shape index (κ3) is 4.54. The Morgan fingerprint density at radius 3 is 2.53 bits per heavy atom. The lowest BCUT2D eigenvalue weighted by Crippen LogP contribution is -2.23. The van der Waals surface area contributed by atoms with Gasteiger partial charge in [-0.1, -0.05) is 6.08 Å². The van der Waals surface area contributed by atoms with E-state index in [4.69, 9.17) is 5.26 Å². The third-order valence-corrected chi connectivity index (χ3v) is 3.55. The van der Waals surface area contributed by atoms with E-state index in [1.807, 2.05) is 0 Å². The van der Waals surface area contributed by atoms with Crippen LogP contribution in [0.3, 0.4) is 0 Å². The summed E-state index contributed by atoms with van der Waals surface area (Å²) in [5.41, 5.74) is 0.433. The molecule has 0 spiro atoms. The van der Waals surface area contributed by atoms with Gasteiger partial charge in [0, 0.05) is 12.2 Å². The van der Waals surface area contributed by atoms with Crippen LogP contribution in [0.5, 0.6) is 0 Å². The molecule has 1 aromatic carbocycles. The van der Waals surface area contributed by atoms with E-state index >= 15 is 0 Å². The molecule has 0 saturated carbocycles. The highest BCUT2D eigenvalue weighted by Crippen LogP contribution is 2.14. The van der Waals surface area contributed by atoms with Crippen molar-refractivity contribution in [3.8, 4) is 6.07 Å². The van der Waals surface area contributed by atoms with Gasteiger partial charge in [0.05, 0.1) is 11.0 Å². The zero-order valence-electron chi connectivity index (χ0n) is 10.1. The minimum atomic E-state index is -3.56. The van der Waals surface area contributed by atoms with Gasteiger partial charge in [0.1, 0.15) is 6.42 Å². The van der Waals surface area contributed by atoms with Crippen LogP contribution < -0.4 is 10.0 Å². The van der Waals surface area contributed by atoms with Gasteiger partial charge in [-0.25, -0.2) is 13.1 Å². The van der Waals surface area contributed by atoms with Gasteiger partial charge >= 0.3 is 0 Å². The van der Waals surface area contributed by atoms with Crippen LogP contribution in [0.4, 0.5) is 5.69 Å². The van der Waals surface area contributed by atoms with E-state index in [1.165, 1.54) is 30.3 Å². The summed E-state index contributed by atoms with van der Waals surface area (Å²) in [6.07, 6.45) is 1.19. The van der Waals surface area contributed by atoms with Crippen molar-refractivity contribution >= 4 is 21.6 Å². The van der Waals surface area contributed by atoms with Gasteiger partial charge in [-0.15, -0.1) is 6.58 Å². The molecule has 1 aromatic rings. The van der Waals surface area contributed by atoms with Crippen molar-refractivity contribution in [2.24, 2.45) is 0 Å². The minimum Gasteiger partial charge on any atom is -0.325 e. The highest BCUT2D eigenvalue weighted by molar-refractivity contribution is 7.89. The fourth-order valence-corrected chi connectivity index (χ4v) is 2.24. The van der Waals surface area contributed by atoms with Crippen LogP contribution in [0, 0.1) is 11.3 Å². The summed E-state index contributed by atoms with van der Waals surface area (Å²) in [7, 11) is -3.56. The highest BCUT2D eigenvalue weighted by Gasteiger charge is 2.12. The zero-order valence-corrected chi connectivity index (χ0v) is 10.9. The monoisotopic (exact) mass is 279 g/mol. The van der Waals surface area contributed by atoms with Gasteiger partial charge in [-0.05, 0) is 24.3 Å². The minimum absolute atomic E-state index is 0.0904. The van der Waals surface area contributed by atoms with Crippen LogP contribution in [-0.2, 0) is 14.8 Å². The maximum atomic E-state index is 11.7. The first-order valence-electron chi connectivity index (χ1n) is 5.37. The second kappa shape index (κ2) is 6.68. The number of hydrogen-bond donors (Lipinski definition) is 2. The van der Waals surface area contributed by atoms with Gasteiger partial charge in [0.25, 0.3) is 0 Å². The lowest BCUT2D eigenvalue weighted by Gasteiger charge is -2.06. The van der Waals surface area contributed by atoms with E-state index in [0.717, 1.165) is 0 Å². The largest absolute Gasteiger partial charge is 0.325 e. The lowest BCUT2D eigenvalue weighted by atomic mass is 10.3. The van der Waals surface area contributed by atoms with Crippen LogP contribution in [0.1, 0.15) is 6.42 Å². The van der Waals surface area contributed by atoms with Crippen LogP contribution >= 0.6 is 0 Å². The van der Waals surface area contributed by atoms with Gasteiger partial charge in [-0.3, -0.25) is 4.79 Å². The van der Waals surface area contributed by atoms with Crippen LogP contribution in [0.2, 0.25) is 0 Å². The van der Waals surface area contributed by atoms with Crippen molar-refractivity contribution in [1.29, 1.82) is 5.26 Å². The summed E-state index contributed by atoms with van der Waals surface area (Å²) in [6, 6.07) is 7.37. The average molecular weight is 279 g/mol. The Balaban J connectivity index is 2.79. The summed E-state index contributed by atoms with van der Waals surface area (Å²) in [5, 5.41) is 10.8. The maximum Gasteiger partial charge on any atom is 0.240 e. The number of hydrogen-bond acceptors (Lipinski definition) is 4. The van der Waals surface area contributed by atoms with E-state index < -0.39 is 15.9 Å². The molecular weight excluding hydrogens is 266 g/mol. The van der Waals surface area contributed by atoms with Crippen LogP contribution in [-0.4, -0.2) is 20.9 Å². The predicted molar refractivity (Wildman–Crippen MR) is 70.7 cm³/mol. The number of nitriles is 1. The molecule has 0 aromatic heterocycles. The van der Waals surface area contributed by atoms with Gasteiger partial charge in [-0.2, -0.15) is 5.26 Å². The first kappa shape index (κ1) is 14.9. The molecule has 1 rings (SSSR count). The molecule has 7 heteroatoms. The second-order valence-corrected chi connectivity index (χ2v) is 5.31. The lowest BCUT2D eigenvalue weighted by molar-refractivity contribution is -0.115. The first-order chi connectivity index (χ1) is 8.99. The summed E-state index contributed by atoms with van der Waals surface area (Å²) in [5.74, 6) is -0.442. The predicted octanol–water partition coefficient (Wildman–Crippen LogP) is 1.00. The van der Waals surface area contributed by atoms with Crippen molar-refractivity contribution in [3.05, 3.63) is 36.9 Å². The zero-order chi connectivity index (χ0) is 14.3. The Hall–Kier alpha value is -2.17. The molecule has 0 aliphatic rings. The van der Waals surface area contributed by atoms with E-state index in [0.29, 0.717) is 5.69 Å². The molecule has 0 fully saturated rings. The Morgan fingerprint density at radius 2 is 2.00 bits per heavy atom. The fourth-order valence-electron chi connectivity index (χ4n) is 1.25. The quantitative estimate of drug-likeness (QED) is 0.759. The average Bonchev–Trinajstić information content (AvgIpc) is 2.37. The molecule has 0 saturated heterocycles. The molecule has 0 atom stereocenters. The van der Waals surface area contributed by atoms with Gasteiger partial charge < -0.3 is 5.32 Å². The fraction of sp³-hybridized carbons (Fsp3) is 0.167. The number of carbonyl (C=O) groups is 1. The highest BCUT2D eigenvalue weighted by atomic mass is 32.2. The van der Waals surface area contributed by atoms with E-state index in [-0.39, 0.29) is 17.9 Å². The number of anilines is 1. The van der Waals surface area contributed by atoms with E-state index in [2.05, 4.69) is 16.6 Å². The van der Waals surface area contributed by atoms with Gasteiger partial charge in [0.15, 0.2) is 0 Å². The molecule has 2 N–H and O–H groups in total. The Bertz CT molecular complexity index is 600. The van der Waals surface area contributed by atoms with Crippen LogP contribution in [0.25, 0.3) is 0 Å². The summed E-state index contributed by atoms with van der Waals surface area (Å²) in [6.45, 7) is 3.56. The number of carbonyl (C=O) groups excluding carboxylic acids is 1. The number of rotatable bonds is 6. The van der Waals surface area contributed by atoms with Crippen molar-refractivity contribution < 1.29 is 13.2 Å². The normalized spacial score (nSPS) is 10.5. The number of amides is 1. The Labute approximate surface area is 111 Å². The number of sulfonamides is 1. The SMILES string of the molecule is C=CCNS(=O)(=O)c1ccc(NC(=O)CC#N)cc1. The smallest absolute Gasteiger partial charge is 0.240 e. The Morgan fingerprint density at radius 1 is 1.37 bits per heavy atom. The summed E-state index contributed by atoms with van der Waals surface area (Å²) < 4.78 is 25.8. The standard InChI is InChI=1S/C12H13N3O3S/c1-2-9-14-19(17,18)11-5-3-10(4-6-11)15-12(16)7-8-13/h2-6,14H,1,7,9H2,(H,15,16). The Kier molecular flexibility index (Phi) is 5.23. The number of benzene rings is 1. The van der Waals surface area contributed by atoms with Crippen molar-refractivity contribution in [2.75, 3.05) is 11.9 Å². The van der Waals surface area contributed by atoms with E-state index in [1.54, 1.807) is 6.07 Å². The van der Waals surface area contributed by atoms with Crippen LogP contribution in [0.15, 0.2) is 41.8 Å². The molecule has 0 aliphatic carbocycles. The van der Waals surface area contributed by atoms with Crippen molar-refractivity contribution in [2.45, 2.75) is 11.3 Å². The summed E-state index contributed by atoms with van der Waals surface area (Å²) in [4.78, 5) is 11.3. The molecule has 0 radical (unpaired) electrons. The van der Waals surface area contributed by atoms with Crippen molar-refractivity contribution in [1.82, 2.24) is 4.72 Å². The molecule has 0 aliphatic heterocycles. The third-order valence-electron chi connectivity index (χ3n) is 2.11.